The number of alkyl halides is 1. The Morgan fingerprint density at radius 2 is 1.79 bits per heavy atom. The molecular weight excluding hydrogens is 302 g/mol. The van der Waals surface area contributed by atoms with Crippen molar-refractivity contribution in [2.75, 3.05) is 0 Å². The topological polar surface area (TPSA) is 29.1 Å². The molecule has 0 aliphatic rings. The Morgan fingerprint density at radius 3 is 2.21 bits per heavy atom. The molecule has 0 fully saturated rings. The Kier molecular flexibility index (Phi) is 6.56. The van der Waals surface area contributed by atoms with Crippen LogP contribution in [0.2, 0.25) is 0 Å². The summed E-state index contributed by atoms with van der Waals surface area (Å²) in [4.78, 5) is 11.9. The van der Waals surface area contributed by atoms with Gasteiger partial charge in [-0.1, -0.05) is 67.9 Å². The zero-order valence-corrected chi connectivity index (χ0v) is 13.8. The van der Waals surface area contributed by atoms with E-state index in [4.69, 9.17) is 0 Å². The van der Waals surface area contributed by atoms with Gasteiger partial charge < -0.3 is 5.32 Å². The van der Waals surface area contributed by atoms with E-state index in [2.05, 4.69) is 66.3 Å². The van der Waals surface area contributed by atoms with E-state index in [9.17, 15) is 4.79 Å². The van der Waals surface area contributed by atoms with E-state index < -0.39 is 0 Å². The first-order valence-electron chi connectivity index (χ1n) is 7.02. The highest BCUT2D eigenvalue weighted by Crippen LogP contribution is 2.23. The maximum atomic E-state index is 12.0. The van der Waals surface area contributed by atoms with Crippen molar-refractivity contribution in [2.45, 2.75) is 51.4 Å². The van der Waals surface area contributed by atoms with E-state index >= 15 is 0 Å². The zero-order chi connectivity index (χ0) is 14.4. The summed E-state index contributed by atoms with van der Waals surface area (Å²) in [5.41, 5.74) is 2.50. The number of hydrogen-bond donors (Lipinski definition) is 1. The molecule has 0 spiro atoms. The van der Waals surface area contributed by atoms with Crippen LogP contribution in [0.25, 0.3) is 0 Å². The van der Waals surface area contributed by atoms with Gasteiger partial charge >= 0.3 is 0 Å². The summed E-state index contributed by atoms with van der Waals surface area (Å²) >= 11 is 3.40. The molecule has 0 saturated heterocycles. The van der Waals surface area contributed by atoms with Gasteiger partial charge in [0.25, 0.3) is 0 Å². The summed E-state index contributed by atoms with van der Waals surface area (Å²) in [5, 5.41) is 3.14. The summed E-state index contributed by atoms with van der Waals surface area (Å²) < 4.78 is 0. The van der Waals surface area contributed by atoms with Crippen molar-refractivity contribution in [3.05, 3.63) is 35.4 Å². The first-order chi connectivity index (χ1) is 8.99. The van der Waals surface area contributed by atoms with Crippen molar-refractivity contribution < 1.29 is 4.79 Å². The van der Waals surface area contributed by atoms with Crippen molar-refractivity contribution in [3.63, 3.8) is 0 Å². The minimum atomic E-state index is -0.108. The lowest BCUT2D eigenvalue weighted by Crippen LogP contribution is -2.36. The second-order valence-corrected chi connectivity index (χ2v) is 6.31. The minimum Gasteiger partial charge on any atom is -0.348 e. The van der Waals surface area contributed by atoms with Gasteiger partial charge in [-0.3, -0.25) is 4.79 Å². The van der Waals surface area contributed by atoms with Crippen LogP contribution in [0.3, 0.4) is 0 Å². The Hall–Kier alpha value is -0.830. The van der Waals surface area contributed by atoms with Crippen LogP contribution in [0.5, 0.6) is 0 Å². The molecule has 0 aromatic heterocycles. The van der Waals surface area contributed by atoms with Gasteiger partial charge in [0, 0.05) is 0 Å². The second-order valence-electron chi connectivity index (χ2n) is 5.20. The fraction of sp³-hybridized carbons (Fsp3) is 0.562. The summed E-state index contributed by atoms with van der Waals surface area (Å²) in [6.07, 6.45) is 1.84. The van der Waals surface area contributed by atoms with E-state index in [-0.39, 0.29) is 16.8 Å². The highest BCUT2D eigenvalue weighted by atomic mass is 79.9. The molecule has 19 heavy (non-hydrogen) atoms. The summed E-state index contributed by atoms with van der Waals surface area (Å²) in [6.45, 7) is 8.41. The number of benzene rings is 1. The van der Waals surface area contributed by atoms with Gasteiger partial charge in [-0.15, -0.1) is 0 Å². The van der Waals surface area contributed by atoms with Crippen LogP contribution in [0, 0.1) is 5.92 Å². The molecule has 0 heterocycles. The smallest absolute Gasteiger partial charge is 0.234 e. The lowest BCUT2D eigenvalue weighted by Gasteiger charge is -2.24. The first-order valence-corrected chi connectivity index (χ1v) is 7.94. The zero-order valence-electron chi connectivity index (χ0n) is 12.2. The molecule has 0 saturated carbocycles. The SMILES string of the molecule is CCc1ccc(C(NC(=O)C(Br)CC)C(C)C)cc1. The third-order valence-corrected chi connectivity index (χ3v) is 4.42. The van der Waals surface area contributed by atoms with Crippen LogP contribution >= 0.6 is 15.9 Å². The molecule has 0 aliphatic heterocycles. The molecule has 1 aromatic rings. The average Bonchev–Trinajstić information content (AvgIpc) is 2.43. The Balaban J connectivity index is 2.84. The van der Waals surface area contributed by atoms with E-state index in [0.29, 0.717) is 5.92 Å². The fourth-order valence-electron chi connectivity index (χ4n) is 2.02. The fourth-order valence-corrected chi connectivity index (χ4v) is 2.16. The molecule has 3 heteroatoms. The van der Waals surface area contributed by atoms with Crippen LogP contribution < -0.4 is 5.32 Å². The standard InChI is InChI=1S/C16H24BrNO/c1-5-12-7-9-13(10-8-12)15(11(3)4)18-16(19)14(17)6-2/h7-11,14-15H,5-6H2,1-4H3,(H,18,19). The average molecular weight is 326 g/mol. The predicted octanol–water partition coefficient (Wildman–Crippen LogP) is 4.24. The normalized spacial score (nSPS) is 14.2. The number of hydrogen-bond acceptors (Lipinski definition) is 1. The van der Waals surface area contributed by atoms with Crippen LogP contribution in [-0.2, 0) is 11.2 Å². The number of amides is 1. The molecule has 1 amide bonds. The number of carbonyl (C=O) groups excluding carboxylic acids is 1. The lowest BCUT2D eigenvalue weighted by molar-refractivity contribution is -0.121. The third kappa shape index (κ3) is 4.64. The summed E-state index contributed by atoms with van der Waals surface area (Å²) in [5.74, 6) is 0.439. The highest BCUT2D eigenvalue weighted by Gasteiger charge is 2.21. The first kappa shape index (κ1) is 16.2. The minimum absolute atomic E-state index is 0.0702. The van der Waals surface area contributed by atoms with E-state index in [1.807, 2.05) is 6.92 Å². The molecule has 2 unspecified atom stereocenters. The maximum absolute atomic E-state index is 12.0. The summed E-state index contributed by atoms with van der Waals surface area (Å²) in [6, 6.07) is 8.60. The molecule has 0 aliphatic carbocycles. The van der Waals surface area contributed by atoms with Crippen molar-refractivity contribution in [2.24, 2.45) is 5.92 Å². The van der Waals surface area contributed by atoms with Gasteiger partial charge in [0.2, 0.25) is 5.91 Å². The van der Waals surface area contributed by atoms with Gasteiger partial charge in [-0.25, -0.2) is 0 Å². The molecule has 1 aromatic carbocycles. The largest absolute Gasteiger partial charge is 0.348 e. The monoisotopic (exact) mass is 325 g/mol. The number of halogens is 1. The molecular formula is C16H24BrNO. The molecule has 0 bridgehead atoms. The molecule has 2 atom stereocenters. The maximum Gasteiger partial charge on any atom is 0.234 e. The Labute approximate surface area is 125 Å². The second kappa shape index (κ2) is 7.68. The third-order valence-electron chi connectivity index (χ3n) is 3.35. The van der Waals surface area contributed by atoms with Gasteiger partial charge in [0.05, 0.1) is 10.9 Å². The van der Waals surface area contributed by atoms with Gasteiger partial charge in [0.1, 0.15) is 0 Å². The Morgan fingerprint density at radius 1 is 1.21 bits per heavy atom. The molecule has 106 valence electrons. The number of rotatable bonds is 6. The van der Waals surface area contributed by atoms with Crippen LogP contribution in [0.4, 0.5) is 0 Å². The van der Waals surface area contributed by atoms with Crippen LogP contribution in [-0.4, -0.2) is 10.7 Å². The van der Waals surface area contributed by atoms with Crippen molar-refractivity contribution in [1.82, 2.24) is 5.32 Å². The van der Waals surface area contributed by atoms with Crippen LogP contribution in [0.1, 0.15) is 51.3 Å². The van der Waals surface area contributed by atoms with E-state index in [0.717, 1.165) is 12.8 Å². The molecule has 1 rings (SSSR count). The van der Waals surface area contributed by atoms with E-state index in [1.165, 1.54) is 11.1 Å². The summed E-state index contributed by atoms with van der Waals surface area (Å²) in [7, 11) is 0. The molecule has 2 nitrogen and oxygen atoms in total. The predicted molar refractivity (Wildman–Crippen MR) is 84.5 cm³/mol. The number of carbonyl (C=O) groups is 1. The number of nitrogens with one attached hydrogen (secondary N) is 1. The van der Waals surface area contributed by atoms with Crippen LogP contribution in [0.15, 0.2) is 24.3 Å². The van der Waals surface area contributed by atoms with Crippen molar-refractivity contribution in [1.29, 1.82) is 0 Å². The van der Waals surface area contributed by atoms with Gasteiger partial charge in [0.15, 0.2) is 0 Å². The molecule has 1 N–H and O–H groups in total. The van der Waals surface area contributed by atoms with Crippen molar-refractivity contribution in [3.8, 4) is 0 Å². The Bertz CT molecular complexity index is 400. The van der Waals surface area contributed by atoms with Gasteiger partial charge in [-0.2, -0.15) is 0 Å². The quantitative estimate of drug-likeness (QED) is 0.779. The highest BCUT2D eigenvalue weighted by molar-refractivity contribution is 9.10. The molecule has 0 radical (unpaired) electrons. The number of aryl methyl sites for hydroxylation is 1. The van der Waals surface area contributed by atoms with E-state index in [1.54, 1.807) is 0 Å². The van der Waals surface area contributed by atoms with Gasteiger partial charge in [-0.05, 0) is 29.9 Å². The lowest BCUT2D eigenvalue weighted by atomic mass is 9.94. The van der Waals surface area contributed by atoms with Crippen molar-refractivity contribution >= 4 is 21.8 Å².